The molecule has 0 saturated carbocycles. The first-order chi connectivity index (χ1) is 17.1. The summed E-state index contributed by atoms with van der Waals surface area (Å²) >= 11 is 6.40. The van der Waals surface area contributed by atoms with Gasteiger partial charge in [0.2, 0.25) is 0 Å². The van der Waals surface area contributed by atoms with E-state index >= 15 is 0 Å². The summed E-state index contributed by atoms with van der Waals surface area (Å²) in [4.78, 5) is 17.9. The summed E-state index contributed by atoms with van der Waals surface area (Å²) in [6, 6.07) is 28.0. The van der Waals surface area contributed by atoms with Crippen LogP contribution in [0.25, 0.3) is 16.9 Å². The Kier molecular flexibility index (Phi) is 6.51. The highest BCUT2D eigenvalue weighted by atomic mass is 35.5. The summed E-state index contributed by atoms with van der Waals surface area (Å²) < 4.78 is 7.61. The van der Waals surface area contributed by atoms with Crippen molar-refractivity contribution in [3.05, 3.63) is 101 Å². The number of para-hydroxylation sites is 1. The summed E-state index contributed by atoms with van der Waals surface area (Å²) in [5.74, 6) is 0.832. The summed E-state index contributed by atoms with van der Waals surface area (Å²) in [7, 11) is 1.66. The van der Waals surface area contributed by atoms with Crippen molar-refractivity contribution in [2.24, 2.45) is 0 Å². The first-order valence-electron chi connectivity index (χ1n) is 11.8. The molecule has 1 fully saturated rings. The van der Waals surface area contributed by atoms with Crippen LogP contribution in [0.4, 0.5) is 5.69 Å². The summed E-state index contributed by atoms with van der Waals surface area (Å²) in [6.45, 7) is 4.80. The van der Waals surface area contributed by atoms with Crippen LogP contribution in [0.3, 0.4) is 0 Å². The van der Waals surface area contributed by atoms with Crippen molar-refractivity contribution < 1.29 is 9.53 Å². The van der Waals surface area contributed by atoms with E-state index in [1.165, 1.54) is 0 Å². The number of piperazine rings is 1. The molecule has 5 nitrogen and oxygen atoms in total. The van der Waals surface area contributed by atoms with Gasteiger partial charge in [0.15, 0.2) is 0 Å². The summed E-state index contributed by atoms with van der Waals surface area (Å²) in [5, 5.41) is 0.742. The highest BCUT2D eigenvalue weighted by Crippen LogP contribution is 2.32. The molecule has 4 aromatic rings. The van der Waals surface area contributed by atoms with Crippen molar-refractivity contribution in [2.45, 2.75) is 6.92 Å². The Morgan fingerprint density at radius 2 is 1.57 bits per heavy atom. The molecule has 178 valence electrons. The normalized spacial score (nSPS) is 13.7. The van der Waals surface area contributed by atoms with Gasteiger partial charge in [-0.2, -0.15) is 0 Å². The van der Waals surface area contributed by atoms with E-state index in [4.69, 9.17) is 16.3 Å². The maximum Gasteiger partial charge on any atom is 0.255 e. The van der Waals surface area contributed by atoms with Gasteiger partial charge in [0, 0.05) is 43.6 Å². The molecular formula is C29H28ClN3O2. The molecule has 0 bridgehead atoms. The second kappa shape index (κ2) is 9.88. The molecule has 0 spiro atoms. The number of anilines is 1. The molecule has 1 saturated heterocycles. The fraction of sp³-hybridized carbons (Fsp3) is 0.207. The van der Waals surface area contributed by atoms with E-state index in [0.29, 0.717) is 13.1 Å². The van der Waals surface area contributed by atoms with E-state index in [9.17, 15) is 4.79 Å². The Labute approximate surface area is 211 Å². The lowest BCUT2D eigenvalue weighted by Crippen LogP contribution is -2.49. The largest absolute Gasteiger partial charge is 0.497 e. The van der Waals surface area contributed by atoms with Gasteiger partial charge in [-0.1, -0.05) is 60.1 Å². The zero-order chi connectivity index (χ0) is 24.4. The number of hydrogen-bond donors (Lipinski definition) is 0. The quantitative estimate of drug-likeness (QED) is 0.344. The van der Waals surface area contributed by atoms with Crippen LogP contribution in [0, 0.1) is 6.92 Å². The van der Waals surface area contributed by atoms with E-state index < -0.39 is 0 Å². The molecule has 1 aromatic heterocycles. The molecule has 1 aliphatic rings. The van der Waals surface area contributed by atoms with Crippen molar-refractivity contribution >= 4 is 23.2 Å². The first-order valence-corrected chi connectivity index (χ1v) is 12.2. The monoisotopic (exact) mass is 485 g/mol. The molecule has 0 N–H and O–H groups in total. The van der Waals surface area contributed by atoms with Crippen molar-refractivity contribution in [1.82, 2.24) is 9.47 Å². The second-order valence-electron chi connectivity index (χ2n) is 8.66. The van der Waals surface area contributed by atoms with Gasteiger partial charge < -0.3 is 19.1 Å². The molecule has 0 unspecified atom stereocenters. The van der Waals surface area contributed by atoms with Crippen LogP contribution in [0.1, 0.15) is 16.1 Å². The number of hydrogen-bond acceptors (Lipinski definition) is 3. The Balaban J connectivity index is 1.47. The second-order valence-corrected chi connectivity index (χ2v) is 9.07. The van der Waals surface area contributed by atoms with Gasteiger partial charge in [-0.3, -0.25) is 4.79 Å². The van der Waals surface area contributed by atoms with Gasteiger partial charge in [0.1, 0.15) is 5.75 Å². The topological polar surface area (TPSA) is 37.7 Å². The van der Waals surface area contributed by atoms with E-state index in [1.807, 2.05) is 84.6 Å². The zero-order valence-electron chi connectivity index (χ0n) is 19.9. The molecule has 0 atom stereocenters. The highest BCUT2D eigenvalue weighted by Gasteiger charge is 2.27. The third-order valence-electron chi connectivity index (χ3n) is 6.62. The van der Waals surface area contributed by atoms with E-state index in [0.717, 1.165) is 57.8 Å². The first kappa shape index (κ1) is 23.1. The maximum absolute atomic E-state index is 13.7. The van der Waals surface area contributed by atoms with Gasteiger partial charge in [0.25, 0.3) is 5.91 Å². The molecular weight excluding hydrogens is 458 g/mol. The van der Waals surface area contributed by atoms with E-state index in [2.05, 4.69) is 21.6 Å². The van der Waals surface area contributed by atoms with Crippen molar-refractivity contribution in [3.8, 4) is 22.7 Å². The van der Waals surface area contributed by atoms with Gasteiger partial charge >= 0.3 is 0 Å². The molecule has 0 radical (unpaired) electrons. The lowest BCUT2D eigenvalue weighted by atomic mass is 10.1. The van der Waals surface area contributed by atoms with Gasteiger partial charge in [-0.15, -0.1) is 0 Å². The lowest BCUT2D eigenvalue weighted by molar-refractivity contribution is 0.0746. The van der Waals surface area contributed by atoms with E-state index in [1.54, 1.807) is 7.11 Å². The Morgan fingerprint density at radius 1 is 0.857 bits per heavy atom. The third-order valence-corrected chi connectivity index (χ3v) is 6.94. The Bertz CT molecular complexity index is 1340. The molecule has 3 aromatic carbocycles. The lowest BCUT2D eigenvalue weighted by Gasteiger charge is -2.36. The van der Waals surface area contributed by atoms with Crippen LogP contribution >= 0.6 is 11.6 Å². The Hall–Kier alpha value is -3.70. The summed E-state index contributed by atoms with van der Waals surface area (Å²) in [5.41, 5.74) is 5.65. The minimum absolute atomic E-state index is 0.0557. The van der Waals surface area contributed by atoms with E-state index in [-0.39, 0.29) is 5.91 Å². The number of carbonyl (C=O) groups is 1. The highest BCUT2D eigenvalue weighted by molar-refractivity contribution is 6.33. The van der Waals surface area contributed by atoms with Crippen LogP contribution in [0.15, 0.2) is 84.9 Å². The smallest absolute Gasteiger partial charge is 0.255 e. The number of nitrogens with zero attached hydrogens (tertiary/aromatic N) is 3. The zero-order valence-corrected chi connectivity index (χ0v) is 20.7. The number of methoxy groups -OCH3 is 1. The predicted molar refractivity (Wildman–Crippen MR) is 142 cm³/mol. The molecule has 2 heterocycles. The van der Waals surface area contributed by atoms with Gasteiger partial charge in [0.05, 0.1) is 29.1 Å². The number of carbonyl (C=O) groups excluding carboxylic acids is 1. The van der Waals surface area contributed by atoms with Crippen LogP contribution in [0.5, 0.6) is 5.75 Å². The molecule has 6 heteroatoms. The number of rotatable bonds is 5. The fourth-order valence-corrected chi connectivity index (χ4v) is 5.01. The molecule has 5 rings (SSSR count). The number of aromatic nitrogens is 1. The van der Waals surface area contributed by atoms with Gasteiger partial charge in [-0.05, 0) is 42.8 Å². The minimum Gasteiger partial charge on any atom is -0.497 e. The molecule has 1 aliphatic heterocycles. The number of amides is 1. The van der Waals surface area contributed by atoms with Crippen molar-refractivity contribution in [3.63, 3.8) is 0 Å². The average Bonchev–Trinajstić information content (AvgIpc) is 3.26. The predicted octanol–water partition coefficient (Wildman–Crippen LogP) is 6.08. The minimum atomic E-state index is 0.0557. The van der Waals surface area contributed by atoms with Crippen LogP contribution in [0.2, 0.25) is 5.02 Å². The SMILES string of the molecule is COc1cccc(-n2c(-c3ccccc3)cc(C(=O)N3CCN(c4ccccc4Cl)CC3)c2C)c1. The average molecular weight is 486 g/mol. The molecule has 35 heavy (non-hydrogen) atoms. The Morgan fingerprint density at radius 3 is 2.29 bits per heavy atom. The standard InChI is InChI=1S/C29H28ClN3O2/c1-21-25(29(34)32-17-15-31(16-18-32)27-14-7-6-13-26(27)30)20-28(22-9-4-3-5-10-22)33(21)23-11-8-12-24(19-23)35-2/h3-14,19-20H,15-18H2,1-2H3. The van der Waals surface area contributed by atoms with Crippen molar-refractivity contribution in [2.75, 3.05) is 38.2 Å². The molecule has 1 amide bonds. The van der Waals surface area contributed by atoms with Gasteiger partial charge in [-0.25, -0.2) is 0 Å². The number of ether oxygens (including phenoxy) is 1. The third kappa shape index (κ3) is 4.52. The van der Waals surface area contributed by atoms with Crippen molar-refractivity contribution in [1.29, 1.82) is 0 Å². The fourth-order valence-electron chi connectivity index (χ4n) is 4.76. The maximum atomic E-state index is 13.7. The van der Waals surface area contributed by atoms with Crippen LogP contribution in [-0.2, 0) is 0 Å². The van der Waals surface area contributed by atoms with Crippen LogP contribution < -0.4 is 9.64 Å². The number of halogens is 1. The summed E-state index contributed by atoms with van der Waals surface area (Å²) in [6.07, 6.45) is 0. The number of benzene rings is 3. The molecule has 0 aliphatic carbocycles. The van der Waals surface area contributed by atoms with Crippen LogP contribution in [-0.4, -0.2) is 48.7 Å².